The quantitative estimate of drug-likeness (QED) is 0.234. The zero-order chi connectivity index (χ0) is 20.4. The van der Waals surface area contributed by atoms with Crippen molar-refractivity contribution in [1.29, 1.82) is 0 Å². The second-order valence-corrected chi connectivity index (χ2v) is 8.88. The second-order valence-electron chi connectivity index (χ2n) is 8.88. The Morgan fingerprint density at radius 2 is 1.26 bits per heavy atom. The second kappa shape index (κ2) is 17.7. The van der Waals surface area contributed by atoms with Gasteiger partial charge in [-0.1, -0.05) is 97.8 Å². The molecule has 0 aliphatic rings. The number of carbonyl (C=O) groups excluding carboxylic acids is 1. The Morgan fingerprint density at radius 1 is 0.815 bits per heavy atom. The molecule has 0 heterocycles. The molecule has 27 heavy (non-hydrogen) atoms. The SMILES string of the molecule is CCC(O)(CCCN)C(=O)CCCCCCCCCCCCCCC(C)C. The summed E-state index contributed by atoms with van der Waals surface area (Å²) in [6, 6.07) is 0. The van der Waals surface area contributed by atoms with E-state index in [4.69, 9.17) is 5.73 Å². The van der Waals surface area contributed by atoms with Crippen molar-refractivity contribution >= 4 is 5.78 Å². The van der Waals surface area contributed by atoms with Crippen LogP contribution in [0.5, 0.6) is 0 Å². The van der Waals surface area contributed by atoms with E-state index in [1.165, 1.54) is 70.6 Å². The normalized spacial score (nSPS) is 13.9. The van der Waals surface area contributed by atoms with E-state index in [9.17, 15) is 9.90 Å². The van der Waals surface area contributed by atoms with Gasteiger partial charge < -0.3 is 10.8 Å². The van der Waals surface area contributed by atoms with Gasteiger partial charge in [0.15, 0.2) is 5.78 Å². The van der Waals surface area contributed by atoms with Crippen LogP contribution in [0, 0.1) is 5.92 Å². The summed E-state index contributed by atoms with van der Waals surface area (Å²) < 4.78 is 0. The van der Waals surface area contributed by atoms with Gasteiger partial charge in [0.25, 0.3) is 0 Å². The molecule has 0 radical (unpaired) electrons. The van der Waals surface area contributed by atoms with Crippen LogP contribution in [0.3, 0.4) is 0 Å². The van der Waals surface area contributed by atoms with Gasteiger partial charge >= 0.3 is 0 Å². The molecule has 0 spiro atoms. The molecule has 0 amide bonds. The van der Waals surface area contributed by atoms with E-state index in [0.29, 0.717) is 32.2 Å². The van der Waals surface area contributed by atoms with Crippen molar-refractivity contribution in [2.75, 3.05) is 6.54 Å². The lowest BCUT2D eigenvalue weighted by molar-refractivity contribution is -0.138. The number of unbranched alkanes of at least 4 members (excludes halogenated alkanes) is 11. The zero-order valence-corrected chi connectivity index (χ0v) is 18.7. The first kappa shape index (κ1) is 26.6. The molecule has 0 fully saturated rings. The van der Waals surface area contributed by atoms with Gasteiger partial charge in [-0.25, -0.2) is 0 Å². The Morgan fingerprint density at radius 3 is 1.67 bits per heavy atom. The Kier molecular flexibility index (Phi) is 17.4. The van der Waals surface area contributed by atoms with Crippen LogP contribution in [-0.2, 0) is 4.79 Å². The van der Waals surface area contributed by atoms with Gasteiger partial charge in [-0.15, -0.1) is 0 Å². The van der Waals surface area contributed by atoms with Crippen molar-refractivity contribution in [3.63, 3.8) is 0 Å². The van der Waals surface area contributed by atoms with Crippen molar-refractivity contribution in [2.24, 2.45) is 11.7 Å². The topological polar surface area (TPSA) is 63.3 Å². The molecule has 162 valence electrons. The zero-order valence-electron chi connectivity index (χ0n) is 18.7. The highest BCUT2D eigenvalue weighted by Crippen LogP contribution is 2.22. The fraction of sp³-hybridized carbons (Fsp3) is 0.958. The van der Waals surface area contributed by atoms with Gasteiger partial charge in [0.2, 0.25) is 0 Å². The Hall–Kier alpha value is -0.410. The maximum Gasteiger partial charge on any atom is 0.164 e. The van der Waals surface area contributed by atoms with E-state index in [1.54, 1.807) is 0 Å². The number of nitrogens with two attached hydrogens (primary N) is 1. The molecule has 0 saturated heterocycles. The van der Waals surface area contributed by atoms with E-state index < -0.39 is 5.60 Å². The summed E-state index contributed by atoms with van der Waals surface area (Å²) in [5, 5.41) is 10.4. The number of ketones is 1. The van der Waals surface area contributed by atoms with E-state index in [-0.39, 0.29) is 5.78 Å². The Balaban J connectivity index is 3.43. The van der Waals surface area contributed by atoms with Crippen molar-refractivity contribution < 1.29 is 9.90 Å². The highest BCUT2D eigenvalue weighted by atomic mass is 16.3. The molecule has 3 heteroatoms. The smallest absolute Gasteiger partial charge is 0.164 e. The van der Waals surface area contributed by atoms with Crippen LogP contribution in [-0.4, -0.2) is 23.0 Å². The summed E-state index contributed by atoms with van der Waals surface area (Å²) in [6.07, 6.45) is 19.3. The molecule has 0 bridgehead atoms. The van der Waals surface area contributed by atoms with Crippen LogP contribution < -0.4 is 5.73 Å². The molecule has 0 aromatic heterocycles. The van der Waals surface area contributed by atoms with Crippen LogP contribution in [0.1, 0.15) is 130 Å². The first-order chi connectivity index (χ1) is 13.0. The van der Waals surface area contributed by atoms with E-state index in [2.05, 4.69) is 13.8 Å². The molecule has 3 N–H and O–H groups in total. The average molecular weight is 384 g/mol. The number of hydrogen-bond acceptors (Lipinski definition) is 3. The summed E-state index contributed by atoms with van der Waals surface area (Å²) in [7, 11) is 0. The monoisotopic (exact) mass is 383 g/mol. The molecular weight excluding hydrogens is 334 g/mol. The molecule has 0 aromatic carbocycles. The van der Waals surface area contributed by atoms with E-state index in [1.807, 2.05) is 6.92 Å². The lowest BCUT2D eigenvalue weighted by atomic mass is 9.87. The molecule has 0 aromatic rings. The van der Waals surface area contributed by atoms with Crippen molar-refractivity contribution in [2.45, 2.75) is 136 Å². The number of aliphatic hydroxyl groups is 1. The summed E-state index contributed by atoms with van der Waals surface area (Å²) in [5.74, 6) is 0.879. The third-order valence-corrected chi connectivity index (χ3v) is 5.83. The van der Waals surface area contributed by atoms with Crippen molar-refractivity contribution in [1.82, 2.24) is 0 Å². The van der Waals surface area contributed by atoms with Crippen LogP contribution in [0.15, 0.2) is 0 Å². The van der Waals surface area contributed by atoms with Crippen LogP contribution in [0.2, 0.25) is 0 Å². The first-order valence-corrected chi connectivity index (χ1v) is 11.9. The maximum atomic E-state index is 12.2. The minimum absolute atomic E-state index is 0.0202. The van der Waals surface area contributed by atoms with Gasteiger partial charge in [0.1, 0.15) is 5.60 Å². The average Bonchev–Trinajstić information content (AvgIpc) is 2.65. The summed E-state index contributed by atoms with van der Waals surface area (Å²) >= 11 is 0. The van der Waals surface area contributed by atoms with Gasteiger partial charge in [0.05, 0.1) is 0 Å². The molecule has 0 rings (SSSR count). The van der Waals surface area contributed by atoms with Crippen LogP contribution in [0.4, 0.5) is 0 Å². The molecular formula is C24H49NO2. The fourth-order valence-electron chi connectivity index (χ4n) is 3.75. The molecule has 0 aliphatic carbocycles. The van der Waals surface area contributed by atoms with Crippen LogP contribution in [0.25, 0.3) is 0 Å². The summed E-state index contributed by atoms with van der Waals surface area (Å²) in [4.78, 5) is 12.2. The summed E-state index contributed by atoms with van der Waals surface area (Å²) in [6.45, 7) is 7.05. The number of carbonyl (C=O) groups is 1. The number of Topliss-reactive ketones (excluding diaryl/α,β-unsaturated/α-hetero) is 1. The van der Waals surface area contributed by atoms with E-state index >= 15 is 0 Å². The van der Waals surface area contributed by atoms with Gasteiger partial charge in [-0.05, 0) is 38.1 Å². The predicted octanol–water partition coefficient (Wildman–Crippen LogP) is 6.55. The highest BCUT2D eigenvalue weighted by Gasteiger charge is 2.31. The van der Waals surface area contributed by atoms with Crippen molar-refractivity contribution in [3.05, 3.63) is 0 Å². The first-order valence-electron chi connectivity index (χ1n) is 11.9. The third kappa shape index (κ3) is 15.2. The van der Waals surface area contributed by atoms with Gasteiger partial charge in [-0.3, -0.25) is 4.79 Å². The maximum absolute atomic E-state index is 12.2. The number of hydrogen-bond donors (Lipinski definition) is 2. The standard InChI is InChI=1S/C24H49NO2/c1-4-24(27,20-17-21-25)23(26)19-16-14-12-10-8-6-5-7-9-11-13-15-18-22(2)3/h22,27H,4-21,25H2,1-3H3. The Bertz CT molecular complexity index is 343. The molecule has 1 atom stereocenters. The predicted molar refractivity (Wildman–Crippen MR) is 118 cm³/mol. The highest BCUT2D eigenvalue weighted by molar-refractivity contribution is 5.86. The minimum Gasteiger partial charge on any atom is -0.382 e. The third-order valence-electron chi connectivity index (χ3n) is 5.83. The molecule has 1 unspecified atom stereocenters. The van der Waals surface area contributed by atoms with Crippen molar-refractivity contribution in [3.8, 4) is 0 Å². The van der Waals surface area contributed by atoms with E-state index in [0.717, 1.165) is 18.8 Å². The van der Waals surface area contributed by atoms with Gasteiger partial charge in [0, 0.05) is 6.42 Å². The summed E-state index contributed by atoms with van der Waals surface area (Å²) in [5.41, 5.74) is 4.37. The molecule has 0 aliphatic heterocycles. The number of rotatable bonds is 20. The van der Waals surface area contributed by atoms with Crippen LogP contribution >= 0.6 is 0 Å². The lowest BCUT2D eigenvalue weighted by Crippen LogP contribution is -2.38. The fourth-order valence-corrected chi connectivity index (χ4v) is 3.75. The molecule has 0 saturated carbocycles. The minimum atomic E-state index is -1.13. The Labute approximate surface area is 169 Å². The largest absolute Gasteiger partial charge is 0.382 e. The molecule has 3 nitrogen and oxygen atoms in total. The van der Waals surface area contributed by atoms with Gasteiger partial charge in [-0.2, -0.15) is 0 Å². The lowest BCUT2D eigenvalue weighted by Gasteiger charge is -2.25.